The number of nitrogens with one attached hydrogen (secondary N) is 1. The van der Waals surface area contributed by atoms with Gasteiger partial charge >= 0.3 is 0 Å². The number of aromatic nitrogens is 4. The van der Waals surface area contributed by atoms with Gasteiger partial charge in [-0.2, -0.15) is 0 Å². The first-order chi connectivity index (χ1) is 10.9. The van der Waals surface area contributed by atoms with E-state index >= 15 is 0 Å². The van der Waals surface area contributed by atoms with Crippen LogP contribution in [0.2, 0.25) is 0 Å². The van der Waals surface area contributed by atoms with Gasteiger partial charge in [0.1, 0.15) is 11.3 Å². The summed E-state index contributed by atoms with van der Waals surface area (Å²) in [5.74, 6) is 0. The summed E-state index contributed by atoms with van der Waals surface area (Å²) in [6.45, 7) is 4.35. The number of hydrogen-bond acceptors (Lipinski definition) is 4. The lowest BCUT2D eigenvalue weighted by Gasteiger charge is -2.32. The lowest BCUT2D eigenvalue weighted by atomic mass is 9.90. The molecule has 0 saturated heterocycles. The lowest BCUT2D eigenvalue weighted by molar-refractivity contribution is 0.0736. The van der Waals surface area contributed by atoms with E-state index < -0.39 is 5.60 Å². The highest BCUT2D eigenvalue weighted by Crippen LogP contribution is 2.29. The van der Waals surface area contributed by atoms with Crippen molar-refractivity contribution in [3.8, 4) is 0 Å². The molecule has 0 unspecified atom stereocenters. The second-order valence-corrected chi connectivity index (χ2v) is 7.09. The van der Waals surface area contributed by atoms with Gasteiger partial charge in [-0.1, -0.05) is 18.1 Å². The lowest BCUT2D eigenvalue weighted by Crippen LogP contribution is -2.40. The molecule has 2 aromatic heterocycles. The first-order valence-electron chi connectivity index (χ1n) is 8.43. The molecule has 126 valence electrons. The van der Waals surface area contributed by atoms with Gasteiger partial charge in [0, 0.05) is 31.5 Å². The van der Waals surface area contributed by atoms with E-state index in [1.165, 1.54) is 18.5 Å². The van der Waals surface area contributed by atoms with E-state index in [1.807, 2.05) is 10.9 Å². The van der Waals surface area contributed by atoms with Crippen molar-refractivity contribution >= 4 is 0 Å². The molecule has 1 aliphatic rings. The molecule has 2 N–H and O–H groups in total. The van der Waals surface area contributed by atoms with Crippen LogP contribution in [0.25, 0.3) is 0 Å². The van der Waals surface area contributed by atoms with Crippen LogP contribution >= 0.6 is 0 Å². The molecule has 0 amide bonds. The molecule has 23 heavy (non-hydrogen) atoms. The third-order valence-corrected chi connectivity index (χ3v) is 4.80. The fourth-order valence-electron chi connectivity index (χ4n) is 3.30. The number of rotatable bonds is 5. The summed E-state index contributed by atoms with van der Waals surface area (Å²) >= 11 is 0. The van der Waals surface area contributed by atoms with E-state index in [9.17, 15) is 5.11 Å². The van der Waals surface area contributed by atoms with E-state index in [0.717, 1.165) is 19.4 Å². The Morgan fingerprint density at radius 3 is 2.78 bits per heavy atom. The van der Waals surface area contributed by atoms with Gasteiger partial charge in [0.05, 0.1) is 12.2 Å². The normalized spacial score (nSPS) is 22.4. The molecule has 6 nitrogen and oxygen atoms in total. The highest BCUT2D eigenvalue weighted by molar-refractivity contribution is 5.07. The zero-order valence-corrected chi connectivity index (χ0v) is 14.2. The quantitative estimate of drug-likeness (QED) is 0.886. The molecule has 3 rings (SSSR count). The van der Waals surface area contributed by atoms with Gasteiger partial charge in [-0.05, 0) is 38.8 Å². The third-order valence-electron chi connectivity index (χ3n) is 4.80. The van der Waals surface area contributed by atoms with Crippen LogP contribution in [0.5, 0.6) is 0 Å². The summed E-state index contributed by atoms with van der Waals surface area (Å²) in [5, 5.41) is 22.2. The number of aliphatic hydroxyl groups is 1. The Balaban J connectivity index is 1.71. The Kier molecular flexibility index (Phi) is 4.55. The molecule has 2 aromatic rings. The van der Waals surface area contributed by atoms with Crippen LogP contribution in [-0.4, -0.2) is 30.7 Å². The van der Waals surface area contributed by atoms with E-state index in [1.54, 1.807) is 13.8 Å². The molecule has 0 aromatic carbocycles. The predicted molar refractivity (Wildman–Crippen MR) is 88.8 cm³/mol. The van der Waals surface area contributed by atoms with E-state index in [0.29, 0.717) is 17.8 Å². The smallest absolute Gasteiger partial charge is 0.114 e. The number of nitrogens with zero attached hydrogens (tertiary/aromatic N) is 4. The number of hydrogen-bond donors (Lipinski definition) is 2. The average molecular weight is 317 g/mol. The van der Waals surface area contributed by atoms with Gasteiger partial charge in [0.25, 0.3) is 0 Å². The molecule has 2 atom stereocenters. The topological polar surface area (TPSA) is 67.9 Å². The molecular weight excluding hydrogens is 290 g/mol. The van der Waals surface area contributed by atoms with Gasteiger partial charge in [0.15, 0.2) is 0 Å². The van der Waals surface area contributed by atoms with Gasteiger partial charge in [0.2, 0.25) is 0 Å². The summed E-state index contributed by atoms with van der Waals surface area (Å²) in [6.07, 6.45) is 8.67. The summed E-state index contributed by atoms with van der Waals surface area (Å²) in [4.78, 5) is 0. The molecule has 0 radical (unpaired) electrons. The van der Waals surface area contributed by atoms with Crippen LogP contribution in [0.4, 0.5) is 0 Å². The second kappa shape index (κ2) is 6.45. The van der Waals surface area contributed by atoms with Crippen LogP contribution in [0.15, 0.2) is 24.5 Å². The van der Waals surface area contributed by atoms with Crippen molar-refractivity contribution in [3.63, 3.8) is 0 Å². The Labute approximate surface area is 137 Å². The summed E-state index contributed by atoms with van der Waals surface area (Å²) in [5.41, 5.74) is 0.966. The number of aryl methyl sites for hydroxylation is 1. The van der Waals surface area contributed by atoms with Crippen molar-refractivity contribution < 1.29 is 5.11 Å². The summed E-state index contributed by atoms with van der Waals surface area (Å²) in [7, 11) is 2.07. The van der Waals surface area contributed by atoms with Gasteiger partial charge < -0.3 is 15.0 Å². The summed E-state index contributed by atoms with van der Waals surface area (Å²) < 4.78 is 4.09. The standard InChI is InChI=1S/C17H27N5O/c1-17(2,23)16-12-22(20-19-16)15-9-5-4-8-14(15)18-11-13-7-6-10-21(13)3/h6-7,10,12,14-15,18,23H,4-5,8-9,11H2,1-3H3/t14-,15+/m0/s1. The van der Waals surface area contributed by atoms with Crippen molar-refractivity contribution in [2.75, 3.05) is 0 Å². The molecule has 6 heteroatoms. The zero-order chi connectivity index (χ0) is 16.4. The molecule has 2 heterocycles. The summed E-state index contributed by atoms with van der Waals surface area (Å²) in [6, 6.07) is 4.90. The molecular formula is C17H27N5O. The van der Waals surface area contributed by atoms with Crippen LogP contribution in [0.1, 0.15) is 57.0 Å². The minimum absolute atomic E-state index is 0.299. The fraction of sp³-hybridized carbons (Fsp3) is 0.647. The minimum Gasteiger partial charge on any atom is -0.384 e. The van der Waals surface area contributed by atoms with Crippen LogP contribution < -0.4 is 5.32 Å². The molecule has 1 saturated carbocycles. The predicted octanol–water partition coefficient (Wildman–Crippen LogP) is 2.12. The molecule has 0 spiro atoms. The van der Waals surface area contributed by atoms with E-state index in [-0.39, 0.29) is 0 Å². The van der Waals surface area contributed by atoms with Crippen molar-refractivity contribution in [2.45, 2.75) is 63.8 Å². The van der Waals surface area contributed by atoms with Crippen molar-refractivity contribution in [1.82, 2.24) is 24.9 Å². The molecule has 0 bridgehead atoms. The monoisotopic (exact) mass is 317 g/mol. The van der Waals surface area contributed by atoms with Crippen LogP contribution in [0.3, 0.4) is 0 Å². The zero-order valence-electron chi connectivity index (χ0n) is 14.2. The van der Waals surface area contributed by atoms with Crippen LogP contribution in [0, 0.1) is 0 Å². The third kappa shape index (κ3) is 3.64. The van der Waals surface area contributed by atoms with Crippen molar-refractivity contribution in [1.29, 1.82) is 0 Å². The highest BCUT2D eigenvalue weighted by atomic mass is 16.3. The Morgan fingerprint density at radius 1 is 1.35 bits per heavy atom. The maximum absolute atomic E-state index is 10.1. The first-order valence-corrected chi connectivity index (χ1v) is 8.43. The highest BCUT2D eigenvalue weighted by Gasteiger charge is 2.29. The van der Waals surface area contributed by atoms with Crippen molar-refractivity contribution in [2.24, 2.45) is 7.05 Å². The van der Waals surface area contributed by atoms with Gasteiger partial charge in [-0.15, -0.1) is 5.10 Å². The first kappa shape index (κ1) is 16.2. The maximum atomic E-state index is 10.1. The van der Waals surface area contributed by atoms with E-state index in [4.69, 9.17) is 0 Å². The van der Waals surface area contributed by atoms with Gasteiger partial charge in [-0.25, -0.2) is 4.68 Å². The minimum atomic E-state index is -0.946. The fourth-order valence-corrected chi connectivity index (χ4v) is 3.30. The Morgan fingerprint density at radius 2 is 2.13 bits per heavy atom. The maximum Gasteiger partial charge on any atom is 0.114 e. The average Bonchev–Trinajstić information content (AvgIpc) is 3.14. The Hall–Kier alpha value is -1.66. The van der Waals surface area contributed by atoms with Crippen molar-refractivity contribution in [3.05, 3.63) is 35.9 Å². The largest absolute Gasteiger partial charge is 0.384 e. The molecule has 1 aliphatic carbocycles. The Bertz CT molecular complexity index is 639. The van der Waals surface area contributed by atoms with Crippen LogP contribution in [-0.2, 0) is 19.2 Å². The van der Waals surface area contributed by atoms with Gasteiger partial charge in [-0.3, -0.25) is 0 Å². The molecule has 1 fully saturated rings. The van der Waals surface area contributed by atoms with E-state index in [2.05, 4.69) is 45.6 Å². The SMILES string of the molecule is Cn1cccc1CN[C@H]1CCCC[C@H]1n1cc(C(C)(C)O)nn1. The second-order valence-electron chi connectivity index (χ2n) is 7.09. The molecule has 0 aliphatic heterocycles.